The van der Waals surface area contributed by atoms with Gasteiger partial charge in [0, 0.05) is 5.56 Å². The number of nitrogens with zero attached hydrogens (tertiary/aromatic N) is 1. The maximum Gasteiger partial charge on any atom is 0.276 e. The molecule has 2 atom stereocenters. The van der Waals surface area contributed by atoms with Crippen LogP contribution < -0.4 is 19.7 Å². The summed E-state index contributed by atoms with van der Waals surface area (Å²) in [7, 11) is 5.13. The van der Waals surface area contributed by atoms with E-state index in [4.69, 9.17) is 9.47 Å². The predicted molar refractivity (Wildman–Crippen MR) is 92.0 cm³/mol. The maximum atomic E-state index is 12.2. The molecular weight excluding hydrogens is 306 g/mol. The molecule has 0 aromatic heterocycles. The topological polar surface area (TPSA) is 75.8 Å². The van der Waals surface area contributed by atoms with E-state index in [1.54, 1.807) is 21.1 Å². The van der Waals surface area contributed by atoms with E-state index in [1.165, 1.54) is 0 Å². The molecule has 1 rings (SSSR count). The predicted octanol–water partition coefficient (Wildman–Crippen LogP) is 0.773. The summed E-state index contributed by atoms with van der Waals surface area (Å²) in [6.45, 7) is 6.55. The second-order valence-electron chi connectivity index (χ2n) is 6.52. The molecule has 1 unspecified atom stereocenters. The number of nitriles is 1. The quantitative estimate of drug-likeness (QED) is 0.736. The van der Waals surface area contributed by atoms with Crippen molar-refractivity contribution in [3.8, 4) is 17.6 Å². The molecule has 0 heterocycles. The number of amides is 1. The van der Waals surface area contributed by atoms with Crippen LogP contribution in [0.2, 0.25) is 0 Å². The Hall–Kier alpha value is -2.26. The molecule has 0 saturated carbocycles. The maximum absolute atomic E-state index is 12.2. The third-order valence-electron chi connectivity index (χ3n) is 4.20. The summed E-state index contributed by atoms with van der Waals surface area (Å²) in [4.78, 5) is 13.2. The van der Waals surface area contributed by atoms with Crippen LogP contribution in [0.4, 0.5) is 0 Å². The van der Waals surface area contributed by atoms with E-state index in [-0.39, 0.29) is 11.8 Å². The van der Waals surface area contributed by atoms with Gasteiger partial charge in [-0.2, -0.15) is 5.26 Å². The average Bonchev–Trinajstić information content (AvgIpc) is 2.53. The van der Waals surface area contributed by atoms with Gasteiger partial charge in [-0.05, 0) is 31.0 Å². The van der Waals surface area contributed by atoms with Crippen molar-refractivity contribution in [3.05, 3.63) is 23.8 Å². The van der Waals surface area contributed by atoms with Crippen molar-refractivity contribution in [1.29, 1.82) is 5.26 Å². The van der Waals surface area contributed by atoms with E-state index < -0.39 is 5.54 Å². The van der Waals surface area contributed by atoms with Gasteiger partial charge in [-0.1, -0.05) is 13.8 Å². The van der Waals surface area contributed by atoms with Crippen molar-refractivity contribution in [2.45, 2.75) is 32.9 Å². The summed E-state index contributed by atoms with van der Waals surface area (Å²) in [6.07, 6.45) is 0. The van der Waals surface area contributed by atoms with Crippen LogP contribution in [0.5, 0.6) is 11.5 Å². The van der Waals surface area contributed by atoms with Crippen LogP contribution >= 0.6 is 0 Å². The number of nitrogens with one attached hydrogen (secondary N) is 2. The molecular formula is C18H28N3O3+. The monoisotopic (exact) mass is 334 g/mol. The third kappa shape index (κ3) is 5.14. The summed E-state index contributed by atoms with van der Waals surface area (Å²) >= 11 is 0. The van der Waals surface area contributed by atoms with E-state index in [1.807, 2.05) is 39.1 Å². The molecule has 24 heavy (non-hydrogen) atoms. The normalized spacial score (nSPS) is 14.4. The Morgan fingerprint density at radius 2 is 1.96 bits per heavy atom. The fraction of sp³-hybridized carbons (Fsp3) is 0.556. The van der Waals surface area contributed by atoms with Crippen molar-refractivity contribution in [1.82, 2.24) is 5.32 Å². The second kappa shape index (κ2) is 8.55. The molecule has 6 nitrogen and oxygen atoms in total. The van der Waals surface area contributed by atoms with E-state index in [0.717, 1.165) is 10.5 Å². The first-order valence-electron chi connectivity index (χ1n) is 8.00. The molecule has 6 heteroatoms. The van der Waals surface area contributed by atoms with Gasteiger partial charge in [0.25, 0.3) is 5.91 Å². The smallest absolute Gasteiger partial charge is 0.276 e. The van der Waals surface area contributed by atoms with Crippen LogP contribution in [0.25, 0.3) is 0 Å². The highest BCUT2D eigenvalue weighted by molar-refractivity contribution is 5.78. The fourth-order valence-electron chi connectivity index (χ4n) is 2.31. The van der Waals surface area contributed by atoms with Gasteiger partial charge in [-0.25, -0.2) is 0 Å². The molecule has 0 aliphatic heterocycles. The zero-order chi connectivity index (χ0) is 18.3. The summed E-state index contributed by atoms with van der Waals surface area (Å²) in [5.41, 5.74) is 0.200. The van der Waals surface area contributed by atoms with Crippen LogP contribution in [-0.2, 0) is 11.3 Å². The lowest BCUT2D eigenvalue weighted by atomic mass is 9.90. The van der Waals surface area contributed by atoms with Crippen molar-refractivity contribution in [2.75, 3.05) is 27.8 Å². The second-order valence-corrected chi connectivity index (χ2v) is 6.52. The van der Waals surface area contributed by atoms with Crippen molar-refractivity contribution in [2.24, 2.45) is 5.92 Å². The number of likely N-dealkylation sites (N-methyl/N-ethyl adjacent to an activating group) is 1. The zero-order valence-electron chi connectivity index (χ0n) is 15.4. The molecule has 0 radical (unpaired) electrons. The molecule has 0 bridgehead atoms. The molecule has 132 valence electrons. The summed E-state index contributed by atoms with van der Waals surface area (Å²) in [5, 5.41) is 12.1. The van der Waals surface area contributed by atoms with Crippen molar-refractivity contribution >= 4 is 5.91 Å². The Labute approximate surface area is 144 Å². The van der Waals surface area contributed by atoms with Gasteiger partial charge >= 0.3 is 0 Å². The average molecular weight is 334 g/mol. The number of rotatable bonds is 8. The fourth-order valence-corrected chi connectivity index (χ4v) is 2.31. The molecule has 0 aliphatic carbocycles. The molecule has 0 fully saturated rings. The van der Waals surface area contributed by atoms with Gasteiger partial charge in [0.2, 0.25) is 0 Å². The Morgan fingerprint density at radius 3 is 2.46 bits per heavy atom. The molecule has 1 aromatic carbocycles. The number of quaternary nitrogens is 1. The van der Waals surface area contributed by atoms with Crippen LogP contribution in [0.3, 0.4) is 0 Å². The molecule has 1 amide bonds. The number of hydrogen-bond acceptors (Lipinski definition) is 4. The number of carbonyl (C=O) groups is 1. The number of hydrogen-bond donors (Lipinski definition) is 2. The van der Waals surface area contributed by atoms with Crippen LogP contribution in [0, 0.1) is 17.2 Å². The van der Waals surface area contributed by atoms with Gasteiger partial charge in [0.05, 0.1) is 27.3 Å². The Bertz CT molecular complexity index is 610. The molecule has 0 saturated heterocycles. The lowest BCUT2D eigenvalue weighted by Crippen LogP contribution is -3.09. The van der Waals surface area contributed by atoms with E-state index in [9.17, 15) is 10.1 Å². The Balaban J connectivity index is 2.68. The highest BCUT2D eigenvalue weighted by Crippen LogP contribution is 2.27. The van der Waals surface area contributed by atoms with Gasteiger partial charge in [0.1, 0.15) is 12.1 Å². The van der Waals surface area contributed by atoms with Crippen LogP contribution in [0.15, 0.2) is 18.2 Å². The lowest BCUT2D eigenvalue weighted by Gasteiger charge is -2.27. The minimum Gasteiger partial charge on any atom is -0.493 e. The number of carbonyl (C=O) groups excluding carboxylic acids is 1. The number of methoxy groups -OCH3 is 2. The first-order chi connectivity index (χ1) is 11.3. The minimum atomic E-state index is -0.847. The van der Waals surface area contributed by atoms with Crippen molar-refractivity contribution < 1.29 is 19.2 Å². The Morgan fingerprint density at radius 1 is 1.33 bits per heavy atom. The van der Waals surface area contributed by atoms with Gasteiger partial charge in [-0.15, -0.1) is 0 Å². The van der Waals surface area contributed by atoms with E-state index in [0.29, 0.717) is 24.6 Å². The number of ether oxygens (including phenoxy) is 2. The van der Waals surface area contributed by atoms with Crippen molar-refractivity contribution in [3.63, 3.8) is 0 Å². The first-order valence-corrected chi connectivity index (χ1v) is 8.00. The first kappa shape index (κ1) is 19.8. The zero-order valence-corrected chi connectivity index (χ0v) is 15.4. The van der Waals surface area contributed by atoms with Gasteiger partial charge in [-0.3, -0.25) is 4.79 Å². The number of benzene rings is 1. The largest absolute Gasteiger partial charge is 0.493 e. The Kier molecular flexibility index (Phi) is 7.05. The summed E-state index contributed by atoms with van der Waals surface area (Å²) in [6, 6.07) is 7.91. The lowest BCUT2D eigenvalue weighted by molar-refractivity contribution is -0.885. The minimum absolute atomic E-state index is 0.0394. The highest BCUT2D eigenvalue weighted by Gasteiger charge is 2.30. The van der Waals surface area contributed by atoms with Gasteiger partial charge < -0.3 is 19.7 Å². The SMILES string of the molecule is COc1ccc(C[NH+](C)CC(=O)N[C@](C)(C#N)C(C)C)cc1OC. The molecule has 2 N–H and O–H groups in total. The van der Waals surface area contributed by atoms with Gasteiger partial charge in [0.15, 0.2) is 18.0 Å². The van der Waals surface area contributed by atoms with E-state index in [2.05, 4.69) is 11.4 Å². The van der Waals surface area contributed by atoms with E-state index >= 15 is 0 Å². The molecule has 0 aliphatic rings. The summed E-state index contributed by atoms with van der Waals surface area (Å²) in [5.74, 6) is 1.26. The van der Waals surface area contributed by atoms with Crippen LogP contribution in [0.1, 0.15) is 26.3 Å². The molecule has 0 spiro atoms. The highest BCUT2D eigenvalue weighted by atomic mass is 16.5. The standard InChI is InChI=1S/C18H27N3O3/c1-13(2)18(3,12-19)20-17(22)11-21(4)10-14-7-8-15(23-5)16(9-14)24-6/h7-9,13H,10-11H2,1-6H3,(H,20,22)/p+1/t18-/m1/s1. The van der Waals surface area contributed by atoms with Crippen LogP contribution in [-0.4, -0.2) is 39.3 Å². The third-order valence-corrected chi connectivity index (χ3v) is 4.20. The molecule has 1 aromatic rings. The summed E-state index contributed by atoms with van der Waals surface area (Å²) < 4.78 is 10.5.